The molecule has 0 aromatic carbocycles. The molecule has 1 rings (SSSR count). The standard InChI is InChI=1S/C8H13F2N3O/c1-5(8(9)10)11-4-3-7-12-6(2)14-13-7/h5,8,11H,3-4H2,1-2H3. The van der Waals surface area contributed by atoms with Crippen LogP contribution in [0.15, 0.2) is 4.52 Å². The van der Waals surface area contributed by atoms with Gasteiger partial charge in [-0.3, -0.25) is 0 Å². The Kier molecular flexibility index (Phi) is 3.94. The molecule has 1 heterocycles. The van der Waals surface area contributed by atoms with E-state index in [9.17, 15) is 8.78 Å². The van der Waals surface area contributed by atoms with Gasteiger partial charge in [-0.25, -0.2) is 8.78 Å². The summed E-state index contributed by atoms with van der Waals surface area (Å²) < 4.78 is 28.8. The summed E-state index contributed by atoms with van der Waals surface area (Å²) >= 11 is 0. The van der Waals surface area contributed by atoms with Gasteiger partial charge in [0.1, 0.15) is 0 Å². The van der Waals surface area contributed by atoms with Gasteiger partial charge in [-0.2, -0.15) is 4.98 Å². The van der Waals surface area contributed by atoms with Gasteiger partial charge < -0.3 is 9.84 Å². The molecule has 80 valence electrons. The predicted molar refractivity (Wildman–Crippen MR) is 46.2 cm³/mol. The highest BCUT2D eigenvalue weighted by atomic mass is 19.3. The maximum absolute atomic E-state index is 12.0. The van der Waals surface area contributed by atoms with Crippen molar-refractivity contribution in [3.8, 4) is 0 Å². The van der Waals surface area contributed by atoms with E-state index in [-0.39, 0.29) is 0 Å². The monoisotopic (exact) mass is 205 g/mol. The molecule has 1 aromatic rings. The molecule has 0 fully saturated rings. The molecule has 6 heteroatoms. The zero-order valence-electron chi connectivity index (χ0n) is 8.13. The summed E-state index contributed by atoms with van der Waals surface area (Å²) in [7, 11) is 0. The second-order valence-electron chi connectivity index (χ2n) is 3.06. The smallest absolute Gasteiger partial charge is 0.253 e. The third-order valence-corrected chi connectivity index (χ3v) is 1.76. The van der Waals surface area contributed by atoms with Gasteiger partial charge >= 0.3 is 0 Å². The van der Waals surface area contributed by atoms with E-state index < -0.39 is 12.5 Å². The summed E-state index contributed by atoms with van der Waals surface area (Å²) in [4.78, 5) is 3.95. The first kappa shape index (κ1) is 11.0. The highest BCUT2D eigenvalue weighted by Gasteiger charge is 2.13. The molecule has 1 N–H and O–H groups in total. The van der Waals surface area contributed by atoms with Crippen molar-refractivity contribution in [3.05, 3.63) is 11.7 Å². The normalized spacial score (nSPS) is 13.5. The maximum Gasteiger partial charge on any atom is 0.253 e. The predicted octanol–water partition coefficient (Wildman–Crippen LogP) is 1.16. The molecule has 4 nitrogen and oxygen atoms in total. The van der Waals surface area contributed by atoms with Gasteiger partial charge in [0.15, 0.2) is 5.82 Å². The lowest BCUT2D eigenvalue weighted by Crippen LogP contribution is -2.34. The lowest BCUT2D eigenvalue weighted by atomic mass is 10.3. The van der Waals surface area contributed by atoms with E-state index in [2.05, 4.69) is 15.5 Å². The number of aromatic nitrogens is 2. The molecular weight excluding hydrogens is 192 g/mol. The first-order valence-corrected chi connectivity index (χ1v) is 4.40. The highest BCUT2D eigenvalue weighted by Crippen LogP contribution is 2.00. The SMILES string of the molecule is Cc1nc(CCNC(C)C(F)F)no1. The fourth-order valence-corrected chi connectivity index (χ4v) is 0.944. The van der Waals surface area contributed by atoms with Crippen molar-refractivity contribution < 1.29 is 13.3 Å². The summed E-state index contributed by atoms with van der Waals surface area (Å²) in [5.41, 5.74) is 0. The Labute approximate surface area is 80.7 Å². The van der Waals surface area contributed by atoms with Crippen LogP contribution in [0.5, 0.6) is 0 Å². The van der Waals surface area contributed by atoms with Gasteiger partial charge in [0.25, 0.3) is 6.43 Å². The Morgan fingerprint density at radius 3 is 2.71 bits per heavy atom. The minimum absolute atomic E-state index is 0.421. The van der Waals surface area contributed by atoms with Crippen LogP contribution in [0.3, 0.4) is 0 Å². The number of halogens is 2. The molecule has 1 atom stereocenters. The van der Waals surface area contributed by atoms with Gasteiger partial charge in [-0.05, 0) is 6.92 Å². The highest BCUT2D eigenvalue weighted by molar-refractivity contribution is 4.84. The van der Waals surface area contributed by atoms with Gasteiger partial charge in [-0.1, -0.05) is 5.16 Å². The van der Waals surface area contributed by atoms with Crippen LogP contribution in [0.1, 0.15) is 18.6 Å². The summed E-state index contributed by atoms with van der Waals surface area (Å²) in [5.74, 6) is 1.03. The number of nitrogens with zero attached hydrogens (tertiary/aromatic N) is 2. The number of hydrogen-bond acceptors (Lipinski definition) is 4. The zero-order chi connectivity index (χ0) is 10.6. The van der Waals surface area contributed by atoms with E-state index in [0.29, 0.717) is 24.7 Å². The van der Waals surface area contributed by atoms with Crippen LogP contribution in [0.4, 0.5) is 8.78 Å². The third kappa shape index (κ3) is 3.37. The van der Waals surface area contributed by atoms with Crippen LogP contribution in [-0.4, -0.2) is 29.2 Å². The summed E-state index contributed by atoms with van der Waals surface area (Å²) in [6.45, 7) is 3.54. The average Bonchev–Trinajstić information content (AvgIpc) is 2.51. The summed E-state index contributed by atoms with van der Waals surface area (Å²) in [6.07, 6.45) is -1.85. The number of nitrogens with one attached hydrogen (secondary N) is 1. The van der Waals surface area contributed by atoms with Crippen LogP contribution in [0.25, 0.3) is 0 Å². The lowest BCUT2D eigenvalue weighted by Gasteiger charge is -2.10. The molecule has 0 aliphatic heterocycles. The van der Waals surface area contributed by atoms with Crippen molar-refractivity contribution >= 4 is 0 Å². The van der Waals surface area contributed by atoms with Crippen molar-refractivity contribution in [1.29, 1.82) is 0 Å². The zero-order valence-corrected chi connectivity index (χ0v) is 8.13. The lowest BCUT2D eigenvalue weighted by molar-refractivity contribution is 0.106. The van der Waals surface area contributed by atoms with Crippen molar-refractivity contribution in [2.45, 2.75) is 32.7 Å². The summed E-state index contributed by atoms with van der Waals surface area (Å²) in [5, 5.41) is 6.31. The van der Waals surface area contributed by atoms with Crippen molar-refractivity contribution in [3.63, 3.8) is 0 Å². The van der Waals surface area contributed by atoms with Crippen LogP contribution >= 0.6 is 0 Å². The minimum atomic E-state index is -2.35. The Balaban J connectivity index is 2.22. The largest absolute Gasteiger partial charge is 0.340 e. The molecule has 1 aromatic heterocycles. The second kappa shape index (κ2) is 4.99. The molecule has 0 radical (unpaired) electrons. The molecule has 14 heavy (non-hydrogen) atoms. The molecular formula is C8H13F2N3O. The molecule has 0 bridgehead atoms. The molecule has 0 saturated carbocycles. The minimum Gasteiger partial charge on any atom is -0.340 e. The Morgan fingerprint density at radius 2 is 2.21 bits per heavy atom. The molecule has 0 saturated heterocycles. The van der Waals surface area contributed by atoms with Gasteiger partial charge in [0.2, 0.25) is 5.89 Å². The fourth-order valence-electron chi connectivity index (χ4n) is 0.944. The summed E-state index contributed by atoms with van der Waals surface area (Å²) in [6, 6.07) is -0.803. The van der Waals surface area contributed by atoms with Crippen LogP contribution in [0, 0.1) is 6.92 Å². The molecule has 0 amide bonds. The quantitative estimate of drug-likeness (QED) is 0.783. The average molecular weight is 205 g/mol. The van der Waals surface area contributed by atoms with E-state index in [1.54, 1.807) is 6.92 Å². The van der Waals surface area contributed by atoms with Crippen molar-refractivity contribution in [2.75, 3.05) is 6.54 Å². The number of hydrogen-bond donors (Lipinski definition) is 1. The first-order chi connectivity index (χ1) is 6.59. The number of rotatable bonds is 5. The van der Waals surface area contributed by atoms with Gasteiger partial charge in [0.05, 0.1) is 6.04 Å². The Bertz CT molecular complexity index is 277. The van der Waals surface area contributed by atoms with E-state index in [1.165, 1.54) is 6.92 Å². The molecule has 0 aliphatic rings. The Morgan fingerprint density at radius 1 is 1.50 bits per heavy atom. The van der Waals surface area contributed by atoms with E-state index in [4.69, 9.17) is 4.52 Å². The third-order valence-electron chi connectivity index (χ3n) is 1.76. The van der Waals surface area contributed by atoms with Crippen LogP contribution < -0.4 is 5.32 Å². The van der Waals surface area contributed by atoms with Gasteiger partial charge in [-0.15, -0.1) is 0 Å². The first-order valence-electron chi connectivity index (χ1n) is 4.40. The fraction of sp³-hybridized carbons (Fsp3) is 0.750. The van der Waals surface area contributed by atoms with Crippen molar-refractivity contribution in [1.82, 2.24) is 15.5 Å². The number of alkyl halides is 2. The van der Waals surface area contributed by atoms with Crippen LogP contribution in [-0.2, 0) is 6.42 Å². The Hall–Kier alpha value is -1.04. The van der Waals surface area contributed by atoms with Crippen LogP contribution in [0.2, 0.25) is 0 Å². The van der Waals surface area contributed by atoms with Gasteiger partial charge in [0, 0.05) is 19.9 Å². The van der Waals surface area contributed by atoms with E-state index >= 15 is 0 Å². The molecule has 1 unspecified atom stereocenters. The topological polar surface area (TPSA) is 51.0 Å². The van der Waals surface area contributed by atoms with E-state index in [0.717, 1.165) is 0 Å². The van der Waals surface area contributed by atoms with E-state index in [1.807, 2.05) is 0 Å². The maximum atomic E-state index is 12.0. The van der Waals surface area contributed by atoms with Crippen molar-refractivity contribution in [2.24, 2.45) is 0 Å². The molecule has 0 aliphatic carbocycles. The second-order valence-corrected chi connectivity index (χ2v) is 3.06. The molecule has 0 spiro atoms. The number of aryl methyl sites for hydroxylation is 1.